The largest absolute Gasteiger partial charge is 1.00 e. The summed E-state index contributed by atoms with van der Waals surface area (Å²) in [5.74, 6) is 0. The summed E-state index contributed by atoms with van der Waals surface area (Å²) in [6.07, 6.45) is 1.52. The number of hydrogen-bond acceptors (Lipinski definition) is 2. The van der Waals surface area contributed by atoms with Gasteiger partial charge in [-0.15, -0.1) is 0 Å². The van der Waals surface area contributed by atoms with Gasteiger partial charge in [-0.3, -0.25) is 0 Å². The summed E-state index contributed by atoms with van der Waals surface area (Å²) in [6, 6.07) is 6.31. The maximum absolute atomic E-state index is 6.07. The molecule has 2 rings (SSSR count). The van der Waals surface area contributed by atoms with E-state index in [2.05, 4.69) is 42.9 Å². The minimum absolute atomic E-state index is 0. The summed E-state index contributed by atoms with van der Waals surface area (Å²) in [5.41, 5.74) is 2.24. The molecule has 0 unspecified atom stereocenters. The van der Waals surface area contributed by atoms with E-state index in [4.69, 9.17) is 11.6 Å². The molecule has 0 bridgehead atoms. The number of benzene rings is 1. The molecule has 0 aliphatic carbocycles. The summed E-state index contributed by atoms with van der Waals surface area (Å²) in [4.78, 5) is 8.32. The van der Waals surface area contributed by atoms with Gasteiger partial charge in [-0.1, -0.05) is 17.7 Å². The first kappa shape index (κ1) is 17.3. The van der Waals surface area contributed by atoms with Crippen molar-refractivity contribution in [3.63, 3.8) is 0 Å². The average Bonchev–Trinajstić information content (AvgIpc) is 2.45. The molecule has 110 valence electrons. The minimum atomic E-state index is 0. The fourth-order valence-corrected chi connectivity index (χ4v) is 2.77. The van der Waals surface area contributed by atoms with Gasteiger partial charge in [0.1, 0.15) is 18.0 Å². The Balaban J connectivity index is 0.00000200. The number of quaternary nitrogens is 1. The van der Waals surface area contributed by atoms with Crippen molar-refractivity contribution in [2.24, 2.45) is 0 Å². The van der Waals surface area contributed by atoms with Crippen LogP contribution in [0.25, 0.3) is 10.9 Å². The van der Waals surface area contributed by atoms with E-state index >= 15 is 0 Å². The van der Waals surface area contributed by atoms with Crippen molar-refractivity contribution in [1.29, 1.82) is 0 Å². The molecule has 0 saturated carbocycles. The molecule has 0 aliphatic rings. The van der Waals surface area contributed by atoms with E-state index in [9.17, 15) is 0 Å². The molecule has 0 radical (unpaired) electrons. The van der Waals surface area contributed by atoms with Crippen molar-refractivity contribution in [1.82, 2.24) is 9.97 Å². The smallest absolute Gasteiger partial charge is 0.140 e. The highest BCUT2D eigenvalue weighted by atomic mass is 79.9. The maximum Gasteiger partial charge on any atom is 0.140 e. The lowest BCUT2D eigenvalue weighted by Crippen LogP contribution is -3.00. The number of halogens is 2. The van der Waals surface area contributed by atoms with Gasteiger partial charge in [0, 0.05) is 10.9 Å². The Labute approximate surface area is 136 Å². The van der Waals surface area contributed by atoms with E-state index in [0.29, 0.717) is 5.15 Å². The number of rotatable bonds is 5. The zero-order valence-corrected chi connectivity index (χ0v) is 14.6. The van der Waals surface area contributed by atoms with Crippen LogP contribution in [0.15, 0.2) is 24.5 Å². The van der Waals surface area contributed by atoms with Crippen LogP contribution in [0.5, 0.6) is 0 Å². The third-order valence-electron chi connectivity index (χ3n) is 4.18. The van der Waals surface area contributed by atoms with E-state index in [1.165, 1.54) is 11.9 Å². The molecule has 0 atom stereocenters. The SMILES string of the molecule is CC[N+](CC)(CC)Cc1ccc2c(Cl)ncnc2c1.[Br-]. The highest BCUT2D eigenvalue weighted by Crippen LogP contribution is 2.22. The van der Waals surface area contributed by atoms with Crippen LogP contribution >= 0.6 is 11.6 Å². The second-order valence-corrected chi connectivity index (χ2v) is 5.32. The first-order valence-corrected chi connectivity index (χ1v) is 7.26. The van der Waals surface area contributed by atoms with Crippen LogP contribution in [0, 0.1) is 0 Å². The molecule has 3 nitrogen and oxygen atoms in total. The second-order valence-electron chi connectivity index (χ2n) is 4.96. The molecule has 0 saturated heterocycles. The van der Waals surface area contributed by atoms with Gasteiger partial charge in [0.05, 0.1) is 25.2 Å². The Morgan fingerprint density at radius 1 is 1.05 bits per heavy atom. The van der Waals surface area contributed by atoms with E-state index in [0.717, 1.165) is 41.6 Å². The molecule has 0 amide bonds. The summed E-state index contributed by atoms with van der Waals surface area (Å²) in [6.45, 7) is 11.3. The summed E-state index contributed by atoms with van der Waals surface area (Å²) >= 11 is 6.07. The molecule has 1 heterocycles. The van der Waals surface area contributed by atoms with Crippen LogP contribution in [-0.4, -0.2) is 34.1 Å². The van der Waals surface area contributed by atoms with Gasteiger partial charge in [-0.05, 0) is 32.9 Å². The third-order valence-corrected chi connectivity index (χ3v) is 4.48. The van der Waals surface area contributed by atoms with Crippen molar-refractivity contribution in [3.8, 4) is 0 Å². The zero-order valence-electron chi connectivity index (χ0n) is 12.2. The maximum atomic E-state index is 6.07. The van der Waals surface area contributed by atoms with Crippen LogP contribution < -0.4 is 17.0 Å². The highest BCUT2D eigenvalue weighted by molar-refractivity contribution is 6.33. The molecule has 0 spiro atoms. The molecule has 20 heavy (non-hydrogen) atoms. The van der Waals surface area contributed by atoms with Gasteiger partial charge in [-0.2, -0.15) is 0 Å². The standard InChI is InChI=1S/C15H21ClN3.BrH/c1-4-19(5-2,6-3)10-12-7-8-13-14(9-12)17-11-18-15(13)16;/h7-9,11H,4-6,10H2,1-3H3;1H/q+1;/p-1. The fourth-order valence-electron chi connectivity index (χ4n) is 2.56. The van der Waals surface area contributed by atoms with Gasteiger partial charge >= 0.3 is 0 Å². The lowest BCUT2D eigenvalue weighted by atomic mass is 10.1. The van der Waals surface area contributed by atoms with E-state index in [1.54, 1.807) is 0 Å². The van der Waals surface area contributed by atoms with Crippen LogP contribution in [0.2, 0.25) is 5.15 Å². The molecule has 0 fully saturated rings. The lowest BCUT2D eigenvalue weighted by molar-refractivity contribution is -0.936. The van der Waals surface area contributed by atoms with Crippen molar-refractivity contribution in [2.75, 3.05) is 19.6 Å². The van der Waals surface area contributed by atoms with Crippen molar-refractivity contribution < 1.29 is 21.5 Å². The summed E-state index contributed by atoms with van der Waals surface area (Å²) in [5, 5.41) is 1.45. The van der Waals surface area contributed by atoms with Gasteiger partial charge in [0.15, 0.2) is 0 Å². The van der Waals surface area contributed by atoms with Crippen LogP contribution in [0.1, 0.15) is 26.3 Å². The van der Waals surface area contributed by atoms with Gasteiger partial charge in [-0.25, -0.2) is 9.97 Å². The summed E-state index contributed by atoms with van der Waals surface area (Å²) in [7, 11) is 0. The average molecular weight is 359 g/mol. The molecular formula is C15H21BrClN3. The third kappa shape index (κ3) is 3.48. The minimum Gasteiger partial charge on any atom is -1.00 e. The first-order valence-electron chi connectivity index (χ1n) is 6.88. The number of fused-ring (bicyclic) bond motifs is 1. The number of nitrogens with zero attached hydrogens (tertiary/aromatic N) is 3. The molecular weight excluding hydrogens is 338 g/mol. The lowest BCUT2D eigenvalue weighted by Gasteiger charge is -2.35. The van der Waals surface area contributed by atoms with Gasteiger partial charge < -0.3 is 21.5 Å². The molecule has 2 aromatic rings. The zero-order chi connectivity index (χ0) is 13.9. The van der Waals surface area contributed by atoms with E-state index in [1.807, 2.05) is 6.07 Å². The fraction of sp³-hybridized carbons (Fsp3) is 0.467. The van der Waals surface area contributed by atoms with Crippen molar-refractivity contribution in [3.05, 3.63) is 35.2 Å². The first-order chi connectivity index (χ1) is 9.14. The molecule has 0 aliphatic heterocycles. The number of hydrogen-bond donors (Lipinski definition) is 0. The molecule has 1 aromatic carbocycles. The summed E-state index contributed by atoms with van der Waals surface area (Å²) < 4.78 is 1.10. The highest BCUT2D eigenvalue weighted by Gasteiger charge is 2.21. The Morgan fingerprint density at radius 2 is 1.70 bits per heavy atom. The molecule has 0 N–H and O–H groups in total. The van der Waals surface area contributed by atoms with Crippen molar-refractivity contribution in [2.45, 2.75) is 27.3 Å². The second kappa shape index (κ2) is 7.34. The predicted molar refractivity (Wildman–Crippen MR) is 80.1 cm³/mol. The Morgan fingerprint density at radius 3 is 2.30 bits per heavy atom. The Kier molecular flexibility index (Phi) is 6.37. The van der Waals surface area contributed by atoms with E-state index in [-0.39, 0.29) is 17.0 Å². The van der Waals surface area contributed by atoms with Crippen LogP contribution in [0.4, 0.5) is 0 Å². The quantitative estimate of drug-likeness (QED) is 0.580. The predicted octanol–water partition coefficient (Wildman–Crippen LogP) is 0.664. The topological polar surface area (TPSA) is 25.8 Å². The number of aromatic nitrogens is 2. The Hall–Kier alpha value is -0.710. The van der Waals surface area contributed by atoms with Gasteiger partial charge in [0.2, 0.25) is 0 Å². The Bertz CT molecular complexity index is 562. The van der Waals surface area contributed by atoms with E-state index < -0.39 is 0 Å². The molecule has 1 aromatic heterocycles. The van der Waals surface area contributed by atoms with Crippen molar-refractivity contribution >= 4 is 22.5 Å². The van der Waals surface area contributed by atoms with Crippen LogP contribution in [0.3, 0.4) is 0 Å². The van der Waals surface area contributed by atoms with Gasteiger partial charge in [0.25, 0.3) is 0 Å². The normalized spacial score (nSPS) is 11.4. The molecule has 5 heteroatoms. The van der Waals surface area contributed by atoms with Crippen LogP contribution in [-0.2, 0) is 6.54 Å². The monoisotopic (exact) mass is 357 g/mol.